The van der Waals surface area contributed by atoms with Crippen LogP contribution in [-0.2, 0) is 6.42 Å². The molecule has 0 radical (unpaired) electrons. The van der Waals surface area contributed by atoms with Gasteiger partial charge in [0, 0.05) is 23.6 Å². The van der Waals surface area contributed by atoms with Crippen molar-refractivity contribution in [2.75, 3.05) is 5.32 Å². The second-order valence-electron chi connectivity index (χ2n) is 5.29. The largest absolute Gasteiger partial charge is 0.508 e. The van der Waals surface area contributed by atoms with E-state index in [0.717, 1.165) is 34.4 Å². The number of benzene rings is 2. The third kappa shape index (κ3) is 2.74. The van der Waals surface area contributed by atoms with Gasteiger partial charge in [-0.1, -0.05) is 25.1 Å². The summed E-state index contributed by atoms with van der Waals surface area (Å²) in [6.07, 6.45) is 0.726. The Morgan fingerprint density at radius 1 is 1.08 bits per heavy atom. The van der Waals surface area contributed by atoms with E-state index < -0.39 is 0 Å². The molecule has 0 fully saturated rings. The summed E-state index contributed by atoms with van der Waals surface area (Å²) in [7, 11) is 0. The highest BCUT2D eigenvalue weighted by Gasteiger charge is 2.15. The van der Waals surface area contributed by atoms with Crippen molar-refractivity contribution >= 4 is 46.0 Å². The van der Waals surface area contributed by atoms with Gasteiger partial charge in [0.2, 0.25) is 0 Å². The number of halogens is 1. The molecule has 0 aliphatic rings. The Balaban J connectivity index is 0.00000169. The number of aromatic nitrogens is 2. The van der Waals surface area contributed by atoms with Crippen molar-refractivity contribution in [1.29, 1.82) is 0 Å². The highest BCUT2D eigenvalue weighted by molar-refractivity contribution is 6.06. The molecule has 5 nitrogen and oxygen atoms in total. The van der Waals surface area contributed by atoms with E-state index in [2.05, 4.69) is 15.3 Å². The minimum absolute atomic E-state index is 0. The Bertz CT molecular complexity index is 1010. The van der Waals surface area contributed by atoms with Crippen molar-refractivity contribution in [1.82, 2.24) is 9.97 Å². The summed E-state index contributed by atoms with van der Waals surface area (Å²) in [5.41, 5.74) is 2.94. The van der Waals surface area contributed by atoms with Crippen molar-refractivity contribution in [3.63, 3.8) is 0 Å². The summed E-state index contributed by atoms with van der Waals surface area (Å²) in [6.45, 7) is 2.02. The summed E-state index contributed by atoms with van der Waals surface area (Å²) in [5.74, 6) is 1.54. The lowest BCUT2D eigenvalue weighted by Gasteiger charge is -2.07. The molecular weight excluding hydrogens is 326 g/mol. The fourth-order valence-corrected chi connectivity index (χ4v) is 2.60. The zero-order valence-corrected chi connectivity index (χ0v) is 13.8. The number of anilines is 2. The van der Waals surface area contributed by atoms with Crippen LogP contribution in [0.25, 0.3) is 22.1 Å². The second kappa shape index (κ2) is 6.37. The van der Waals surface area contributed by atoms with E-state index in [1.807, 2.05) is 37.3 Å². The van der Waals surface area contributed by atoms with E-state index in [1.165, 1.54) is 0 Å². The van der Waals surface area contributed by atoms with Gasteiger partial charge in [-0.15, -0.1) is 12.4 Å². The summed E-state index contributed by atoms with van der Waals surface area (Å²) in [6, 6.07) is 14.7. The fourth-order valence-electron chi connectivity index (χ4n) is 2.60. The Morgan fingerprint density at radius 3 is 2.71 bits per heavy atom. The molecule has 2 heterocycles. The van der Waals surface area contributed by atoms with Gasteiger partial charge in [-0.25, -0.2) is 9.97 Å². The van der Waals surface area contributed by atoms with Crippen LogP contribution in [-0.4, -0.2) is 15.1 Å². The Morgan fingerprint density at radius 2 is 1.92 bits per heavy atom. The summed E-state index contributed by atoms with van der Waals surface area (Å²) < 4.78 is 5.94. The highest BCUT2D eigenvalue weighted by atomic mass is 35.5. The van der Waals surface area contributed by atoms with Crippen LogP contribution in [0.4, 0.5) is 11.5 Å². The van der Waals surface area contributed by atoms with Crippen LogP contribution in [0.5, 0.6) is 5.75 Å². The van der Waals surface area contributed by atoms with Crippen LogP contribution in [0.2, 0.25) is 0 Å². The average Bonchev–Trinajstić information content (AvgIpc) is 2.94. The number of phenols is 1. The van der Waals surface area contributed by atoms with Gasteiger partial charge in [-0.05, 0) is 24.3 Å². The van der Waals surface area contributed by atoms with Gasteiger partial charge in [0.1, 0.15) is 22.7 Å². The topological polar surface area (TPSA) is 71.2 Å². The SMILES string of the molecule is CCc1nc(Nc2cccc(O)c2)c2oc3ccccc3c2n1.Cl. The predicted molar refractivity (Wildman–Crippen MR) is 97.3 cm³/mol. The maximum atomic E-state index is 9.62. The number of nitrogens with one attached hydrogen (secondary N) is 1. The van der Waals surface area contributed by atoms with Crippen molar-refractivity contribution in [3.8, 4) is 5.75 Å². The van der Waals surface area contributed by atoms with Crippen LogP contribution < -0.4 is 5.32 Å². The molecule has 6 heteroatoms. The third-order valence-electron chi connectivity index (χ3n) is 3.69. The monoisotopic (exact) mass is 341 g/mol. The van der Waals surface area contributed by atoms with Gasteiger partial charge in [0.25, 0.3) is 0 Å². The number of aryl methyl sites for hydroxylation is 1. The van der Waals surface area contributed by atoms with Gasteiger partial charge in [0.15, 0.2) is 11.4 Å². The number of nitrogens with zero attached hydrogens (tertiary/aromatic N) is 2. The van der Waals surface area contributed by atoms with Gasteiger partial charge < -0.3 is 14.8 Å². The summed E-state index contributed by atoms with van der Waals surface area (Å²) in [4.78, 5) is 9.15. The number of fused-ring (bicyclic) bond motifs is 3. The standard InChI is InChI=1S/C18H15N3O2.ClH/c1-2-15-20-16-13-8-3-4-9-14(13)23-17(16)18(21-15)19-11-6-5-7-12(22)10-11;/h3-10,22H,2H2,1H3,(H,19,20,21);1H. The first-order valence-electron chi connectivity index (χ1n) is 7.49. The smallest absolute Gasteiger partial charge is 0.196 e. The van der Waals surface area contributed by atoms with Crippen LogP contribution >= 0.6 is 12.4 Å². The first-order chi connectivity index (χ1) is 11.2. The van der Waals surface area contributed by atoms with Gasteiger partial charge in [-0.3, -0.25) is 0 Å². The molecule has 0 spiro atoms. The van der Waals surface area contributed by atoms with Crippen molar-refractivity contribution in [2.24, 2.45) is 0 Å². The van der Waals surface area contributed by atoms with E-state index in [-0.39, 0.29) is 18.2 Å². The molecule has 4 rings (SSSR count). The lowest BCUT2D eigenvalue weighted by molar-refractivity contribution is 0.475. The minimum atomic E-state index is 0. The van der Waals surface area contributed by atoms with Crippen LogP contribution in [0.15, 0.2) is 52.9 Å². The molecule has 0 amide bonds. The first kappa shape index (κ1) is 16.1. The molecule has 122 valence electrons. The zero-order chi connectivity index (χ0) is 15.8. The summed E-state index contributed by atoms with van der Waals surface area (Å²) in [5, 5.41) is 13.8. The average molecular weight is 342 g/mol. The molecular formula is C18H16ClN3O2. The molecule has 4 aromatic rings. The number of para-hydroxylation sites is 1. The minimum Gasteiger partial charge on any atom is -0.508 e. The van der Waals surface area contributed by atoms with E-state index in [9.17, 15) is 5.11 Å². The second-order valence-corrected chi connectivity index (χ2v) is 5.29. The van der Waals surface area contributed by atoms with Crippen molar-refractivity contribution in [2.45, 2.75) is 13.3 Å². The molecule has 0 bridgehead atoms. The van der Waals surface area contributed by atoms with E-state index in [1.54, 1.807) is 18.2 Å². The third-order valence-corrected chi connectivity index (χ3v) is 3.69. The predicted octanol–water partition coefficient (Wildman–Crippen LogP) is 4.81. The normalized spacial score (nSPS) is 10.7. The lowest BCUT2D eigenvalue weighted by atomic mass is 10.2. The molecule has 0 atom stereocenters. The maximum Gasteiger partial charge on any atom is 0.196 e. The molecule has 0 saturated carbocycles. The fraction of sp³-hybridized carbons (Fsp3) is 0.111. The van der Waals surface area contributed by atoms with E-state index >= 15 is 0 Å². The number of hydrogen-bond donors (Lipinski definition) is 2. The van der Waals surface area contributed by atoms with Gasteiger partial charge in [0.05, 0.1) is 0 Å². The molecule has 24 heavy (non-hydrogen) atoms. The number of aromatic hydroxyl groups is 1. The Labute approximate surface area is 144 Å². The van der Waals surface area contributed by atoms with Crippen molar-refractivity contribution in [3.05, 3.63) is 54.4 Å². The Kier molecular flexibility index (Phi) is 4.27. The highest BCUT2D eigenvalue weighted by Crippen LogP contribution is 2.32. The summed E-state index contributed by atoms with van der Waals surface area (Å²) >= 11 is 0. The van der Waals surface area contributed by atoms with Crippen LogP contribution in [0.1, 0.15) is 12.7 Å². The van der Waals surface area contributed by atoms with Crippen molar-refractivity contribution < 1.29 is 9.52 Å². The van der Waals surface area contributed by atoms with E-state index in [0.29, 0.717) is 11.4 Å². The molecule has 2 N–H and O–H groups in total. The molecule has 0 unspecified atom stereocenters. The van der Waals surface area contributed by atoms with E-state index in [4.69, 9.17) is 4.42 Å². The molecule has 0 aliphatic carbocycles. The lowest BCUT2D eigenvalue weighted by Crippen LogP contribution is -2.00. The molecule has 0 saturated heterocycles. The van der Waals surface area contributed by atoms with Crippen LogP contribution in [0, 0.1) is 0 Å². The molecule has 2 aromatic carbocycles. The maximum absolute atomic E-state index is 9.62. The molecule has 2 aromatic heterocycles. The number of rotatable bonds is 3. The number of phenolic OH excluding ortho intramolecular Hbond substituents is 1. The quantitative estimate of drug-likeness (QED) is 0.559. The van der Waals surface area contributed by atoms with Crippen LogP contribution in [0.3, 0.4) is 0 Å². The van der Waals surface area contributed by atoms with Gasteiger partial charge >= 0.3 is 0 Å². The Hall–Kier alpha value is -2.79. The number of hydrogen-bond acceptors (Lipinski definition) is 5. The first-order valence-corrected chi connectivity index (χ1v) is 7.49. The number of furan rings is 1. The molecule has 0 aliphatic heterocycles. The zero-order valence-electron chi connectivity index (χ0n) is 13.0. The van der Waals surface area contributed by atoms with Gasteiger partial charge in [-0.2, -0.15) is 0 Å².